The Labute approximate surface area is 177 Å². The van der Waals surface area contributed by atoms with Gasteiger partial charge in [0.15, 0.2) is 5.52 Å². The number of nitrogens with one attached hydrogen (secondary N) is 1. The molecule has 30 heavy (non-hydrogen) atoms. The van der Waals surface area contributed by atoms with E-state index in [1.54, 1.807) is 42.8 Å². The van der Waals surface area contributed by atoms with Gasteiger partial charge in [0.2, 0.25) is 5.91 Å². The molecule has 2 aromatic carbocycles. The van der Waals surface area contributed by atoms with Gasteiger partial charge in [0, 0.05) is 0 Å². The van der Waals surface area contributed by atoms with Crippen molar-refractivity contribution in [3.8, 4) is 5.69 Å². The maximum absolute atomic E-state index is 13.2. The summed E-state index contributed by atoms with van der Waals surface area (Å²) in [4.78, 5) is 25.9. The lowest BCUT2D eigenvalue weighted by Crippen LogP contribution is -2.34. The maximum Gasteiger partial charge on any atom is 0.295 e. The molecule has 0 radical (unpaired) electrons. The van der Waals surface area contributed by atoms with E-state index in [0.29, 0.717) is 21.8 Å². The van der Waals surface area contributed by atoms with Crippen LogP contribution in [0.2, 0.25) is 5.02 Å². The first-order valence-corrected chi connectivity index (χ1v) is 9.86. The molecule has 0 saturated carbocycles. The van der Waals surface area contributed by atoms with E-state index in [4.69, 9.17) is 11.6 Å². The van der Waals surface area contributed by atoms with Gasteiger partial charge in [-0.2, -0.15) is 10.2 Å². The highest BCUT2D eigenvalue weighted by Gasteiger charge is 2.23. The normalized spacial score (nSPS) is 12.1. The zero-order valence-electron chi connectivity index (χ0n) is 16.8. The monoisotopic (exact) mass is 421 g/mol. The van der Waals surface area contributed by atoms with Gasteiger partial charge in [-0.1, -0.05) is 41.9 Å². The number of benzene rings is 2. The minimum absolute atomic E-state index is 0.279. The molecular formula is C22H20ClN5O2. The summed E-state index contributed by atoms with van der Waals surface area (Å²) in [7, 11) is 0. The number of halogens is 1. The van der Waals surface area contributed by atoms with Crippen LogP contribution in [0.5, 0.6) is 0 Å². The zero-order chi connectivity index (χ0) is 21.4. The minimum atomic E-state index is -0.848. The Morgan fingerprint density at radius 1 is 1.03 bits per heavy atom. The number of fused-ring (bicyclic) bond motifs is 1. The molecule has 152 valence electrons. The summed E-state index contributed by atoms with van der Waals surface area (Å²) in [5.41, 5.74) is 2.63. The van der Waals surface area contributed by atoms with Gasteiger partial charge in [-0.05, 0) is 45.0 Å². The highest BCUT2D eigenvalue weighted by Crippen LogP contribution is 2.23. The number of hydrogen-bond donors (Lipinski definition) is 1. The topological polar surface area (TPSA) is 81.8 Å². The molecule has 0 bridgehead atoms. The summed E-state index contributed by atoms with van der Waals surface area (Å²) in [6.07, 6.45) is 0. The fourth-order valence-corrected chi connectivity index (χ4v) is 3.63. The molecule has 0 aliphatic rings. The number of aromatic nitrogens is 4. The second-order valence-corrected chi connectivity index (χ2v) is 7.44. The fourth-order valence-electron chi connectivity index (χ4n) is 3.44. The molecule has 0 aliphatic carbocycles. The molecule has 0 aliphatic heterocycles. The first-order chi connectivity index (χ1) is 14.4. The third kappa shape index (κ3) is 3.37. The fraction of sp³-hybridized carbons (Fsp3) is 0.182. The number of nitrogens with zero attached hydrogens (tertiary/aromatic N) is 4. The Morgan fingerprint density at radius 3 is 2.40 bits per heavy atom. The van der Waals surface area contributed by atoms with Crippen LogP contribution in [-0.4, -0.2) is 25.5 Å². The Morgan fingerprint density at radius 2 is 1.70 bits per heavy atom. The van der Waals surface area contributed by atoms with Gasteiger partial charge < -0.3 is 5.32 Å². The van der Waals surface area contributed by atoms with Gasteiger partial charge >= 0.3 is 0 Å². The van der Waals surface area contributed by atoms with Crippen LogP contribution >= 0.6 is 11.6 Å². The van der Waals surface area contributed by atoms with Crippen molar-refractivity contribution in [1.29, 1.82) is 0 Å². The van der Waals surface area contributed by atoms with E-state index >= 15 is 0 Å². The summed E-state index contributed by atoms with van der Waals surface area (Å²) in [6.45, 7) is 5.32. The average molecular weight is 422 g/mol. The van der Waals surface area contributed by atoms with Gasteiger partial charge in [0.25, 0.3) is 5.56 Å². The van der Waals surface area contributed by atoms with E-state index in [1.165, 1.54) is 4.68 Å². The summed E-state index contributed by atoms with van der Waals surface area (Å²) in [5, 5.41) is 12.8. The zero-order valence-corrected chi connectivity index (χ0v) is 17.5. The predicted octanol–water partition coefficient (Wildman–Crippen LogP) is 4.05. The van der Waals surface area contributed by atoms with Crippen molar-refractivity contribution >= 4 is 34.1 Å². The van der Waals surface area contributed by atoms with Crippen molar-refractivity contribution in [2.75, 3.05) is 5.32 Å². The second kappa shape index (κ2) is 7.76. The molecule has 1 atom stereocenters. The third-order valence-electron chi connectivity index (χ3n) is 5.03. The summed E-state index contributed by atoms with van der Waals surface area (Å²) in [5.74, 6) is -0.393. The molecule has 7 nitrogen and oxygen atoms in total. The van der Waals surface area contributed by atoms with Crippen molar-refractivity contribution in [1.82, 2.24) is 19.6 Å². The van der Waals surface area contributed by atoms with Crippen LogP contribution in [0.15, 0.2) is 59.4 Å². The van der Waals surface area contributed by atoms with Crippen LogP contribution < -0.4 is 10.9 Å². The number of anilines is 1. The van der Waals surface area contributed by atoms with E-state index in [-0.39, 0.29) is 5.52 Å². The number of carbonyl (C=O) groups excluding carboxylic acids is 1. The molecule has 0 unspecified atom stereocenters. The number of carbonyl (C=O) groups is 1. The van der Waals surface area contributed by atoms with Crippen LogP contribution in [0.1, 0.15) is 24.4 Å². The van der Waals surface area contributed by atoms with Gasteiger partial charge in [0.1, 0.15) is 6.04 Å². The molecule has 0 spiro atoms. The lowest BCUT2D eigenvalue weighted by atomic mass is 10.2. The lowest BCUT2D eigenvalue weighted by molar-refractivity contribution is -0.119. The number of rotatable bonds is 4. The van der Waals surface area contributed by atoms with Crippen LogP contribution in [0.4, 0.5) is 5.69 Å². The Kier molecular flexibility index (Phi) is 5.13. The molecule has 4 rings (SSSR count). The van der Waals surface area contributed by atoms with Gasteiger partial charge in [-0.3, -0.25) is 9.59 Å². The Balaban J connectivity index is 1.77. The second-order valence-electron chi connectivity index (χ2n) is 7.04. The smallest absolute Gasteiger partial charge is 0.295 e. The molecule has 1 amide bonds. The summed E-state index contributed by atoms with van der Waals surface area (Å²) >= 11 is 6.12. The number of amides is 1. The lowest BCUT2D eigenvalue weighted by Gasteiger charge is -2.15. The summed E-state index contributed by atoms with van der Waals surface area (Å²) in [6, 6.07) is 15.6. The quantitative estimate of drug-likeness (QED) is 0.539. The highest BCUT2D eigenvalue weighted by molar-refractivity contribution is 6.33. The molecule has 2 aromatic heterocycles. The molecule has 0 saturated heterocycles. The molecule has 1 N–H and O–H groups in total. The van der Waals surface area contributed by atoms with Crippen LogP contribution in [0.3, 0.4) is 0 Å². The Bertz CT molecular complexity index is 1310. The van der Waals surface area contributed by atoms with E-state index in [0.717, 1.165) is 11.4 Å². The van der Waals surface area contributed by atoms with Crippen LogP contribution in [0, 0.1) is 13.8 Å². The maximum atomic E-state index is 13.2. The van der Waals surface area contributed by atoms with Crippen molar-refractivity contribution in [2.24, 2.45) is 0 Å². The van der Waals surface area contributed by atoms with Gasteiger partial charge in [0.05, 0.1) is 33.2 Å². The van der Waals surface area contributed by atoms with Crippen molar-refractivity contribution < 1.29 is 4.79 Å². The van der Waals surface area contributed by atoms with Crippen molar-refractivity contribution in [3.63, 3.8) is 0 Å². The first kappa shape index (κ1) is 19.8. The molecular weight excluding hydrogens is 402 g/mol. The minimum Gasteiger partial charge on any atom is -0.323 e. The van der Waals surface area contributed by atoms with Gasteiger partial charge in [-0.25, -0.2) is 9.36 Å². The predicted molar refractivity (Wildman–Crippen MR) is 117 cm³/mol. The van der Waals surface area contributed by atoms with E-state index < -0.39 is 17.5 Å². The number of hydrogen-bond acceptors (Lipinski definition) is 4. The van der Waals surface area contributed by atoms with E-state index in [2.05, 4.69) is 15.5 Å². The largest absolute Gasteiger partial charge is 0.323 e. The van der Waals surface area contributed by atoms with Crippen LogP contribution in [-0.2, 0) is 4.79 Å². The average Bonchev–Trinajstić information content (AvgIpc) is 3.10. The van der Waals surface area contributed by atoms with Gasteiger partial charge in [-0.15, -0.1) is 0 Å². The SMILES string of the molecule is Cc1nn([C@@H](C)C(=O)Nc2ccccc2Cl)c(=O)c2nn(-c3ccccc3)c(C)c12. The Hall–Kier alpha value is -3.45. The van der Waals surface area contributed by atoms with E-state index in [9.17, 15) is 9.59 Å². The number of para-hydroxylation sites is 2. The standard InChI is InChI=1S/C22H20ClN5O2/c1-13-19-14(2)27(16-9-5-4-6-10-16)26-20(19)22(30)28(25-13)15(3)21(29)24-18-12-8-7-11-17(18)23/h4-12,15H,1-3H3,(H,24,29)/t15-/m0/s1. The molecule has 8 heteroatoms. The highest BCUT2D eigenvalue weighted by atomic mass is 35.5. The van der Waals surface area contributed by atoms with Crippen molar-refractivity contribution in [3.05, 3.63) is 81.4 Å². The molecule has 0 fully saturated rings. The number of aryl methyl sites for hydroxylation is 2. The first-order valence-electron chi connectivity index (χ1n) is 9.48. The third-order valence-corrected chi connectivity index (χ3v) is 5.35. The molecule has 4 aromatic rings. The van der Waals surface area contributed by atoms with Crippen molar-refractivity contribution in [2.45, 2.75) is 26.8 Å². The van der Waals surface area contributed by atoms with Crippen LogP contribution in [0.25, 0.3) is 16.6 Å². The molecule has 2 heterocycles. The van der Waals surface area contributed by atoms with E-state index in [1.807, 2.05) is 37.3 Å². The summed E-state index contributed by atoms with van der Waals surface area (Å²) < 4.78 is 2.89.